The number of rotatable bonds is 5. The molecule has 1 atom stereocenters. The third-order valence-electron chi connectivity index (χ3n) is 7.18. The molecule has 1 aliphatic carbocycles. The monoisotopic (exact) mass is 496 g/mol. The number of nitrogens with one attached hydrogen (secondary N) is 1. The van der Waals surface area contributed by atoms with E-state index in [1.807, 2.05) is 60.8 Å². The molecule has 1 unspecified atom stereocenters. The van der Waals surface area contributed by atoms with E-state index in [4.69, 9.17) is 9.73 Å². The third kappa shape index (κ3) is 4.93. The highest BCUT2D eigenvalue weighted by molar-refractivity contribution is 7.16. The topological polar surface area (TPSA) is 50.7 Å². The summed E-state index contributed by atoms with van der Waals surface area (Å²) in [6, 6.07) is 21.9. The predicted octanol–water partition coefficient (Wildman–Crippen LogP) is 8.06. The van der Waals surface area contributed by atoms with Crippen LogP contribution in [0.1, 0.15) is 53.6 Å². The van der Waals surface area contributed by atoms with E-state index in [0.717, 1.165) is 57.6 Å². The quantitative estimate of drug-likeness (QED) is 0.284. The van der Waals surface area contributed by atoms with Crippen molar-refractivity contribution in [3.8, 4) is 5.75 Å². The Kier molecular flexibility index (Phi) is 6.67. The maximum absolute atomic E-state index is 13.8. The van der Waals surface area contributed by atoms with Crippen LogP contribution in [-0.2, 0) is 12.8 Å². The summed E-state index contributed by atoms with van der Waals surface area (Å²) in [6.45, 7) is 6.94. The van der Waals surface area contributed by atoms with Crippen molar-refractivity contribution in [3.05, 3.63) is 88.3 Å². The highest BCUT2D eigenvalue weighted by atomic mass is 32.1. The van der Waals surface area contributed by atoms with Crippen molar-refractivity contribution < 1.29 is 9.53 Å². The second-order valence-corrected chi connectivity index (χ2v) is 11.6. The van der Waals surface area contributed by atoms with Gasteiger partial charge in [-0.15, -0.1) is 11.3 Å². The number of nitrogens with zero attached hydrogens (tertiary/aromatic N) is 1. The second kappa shape index (κ2) is 9.90. The molecule has 4 aromatic rings. The van der Waals surface area contributed by atoms with Crippen molar-refractivity contribution in [2.45, 2.75) is 40.0 Å². The van der Waals surface area contributed by atoms with Gasteiger partial charge in [-0.2, -0.15) is 0 Å². The van der Waals surface area contributed by atoms with Crippen LogP contribution >= 0.6 is 11.3 Å². The Balaban J connectivity index is 1.52. The summed E-state index contributed by atoms with van der Waals surface area (Å²) in [4.78, 5) is 19.9. The zero-order valence-corrected chi connectivity index (χ0v) is 22.1. The maximum atomic E-state index is 13.8. The average molecular weight is 497 g/mol. The number of thiophene rings is 1. The molecule has 3 aromatic carbocycles. The number of ether oxygens (including phenoxy) is 1. The smallest absolute Gasteiger partial charge is 0.259 e. The first-order valence-corrected chi connectivity index (χ1v) is 13.3. The Morgan fingerprint density at radius 3 is 2.56 bits per heavy atom. The normalized spacial score (nSPS) is 15.7. The molecule has 1 aliphatic rings. The van der Waals surface area contributed by atoms with Crippen molar-refractivity contribution in [2.75, 3.05) is 12.4 Å². The standard InChI is InChI=1S/C31H32N2O2S/c1-31(2,3)22-14-17-25-27(18-22)36-30(32-19-20-12-15-23(35-4)16-13-20)28(25)29(34)33-26-11-7-9-21-8-5-6-10-24(21)26/h5-13,15-16,19,22H,14,17-18H2,1-4H3,(H,33,34). The molecule has 5 heteroatoms. The molecule has 1 N–H and O–H groups in total. The first-order chi connectivity index (χ1) is 17.3. The molecular weight excluding hydrogens is 464 g/mol. The van der Waals surface area contributed by atoms with Gasteiger partial charge in [-0.05, 0) is 77.4 Å². The molecule has 0 saturated heterocycles. The van der Waals surface area contributed by atoms with Crippen molar-refractivity contribution in [3.63, 3.8) is 0 Å². The molecule has 5 rings (SSSR count). The van der Waals surface area contributed by atoms with Crippen LogP contribution in [-0.4, -0.2) is 19.2 Å². The minimum absolute atomic E-state index is 0.0834. The molecule has 0 fully saturated rings. The Bertz CT molecular complexity index is 1420. The van der Waals surface area contributed by atoms with Crippen LogP contribution in [0.4, 0.5) is 10.7 Å². The van der Waals surface area contributed by atoms with Gasteiger partial charge in [-0.25, -0.2) is 4.99 Å². The third-order valence-corrected chi connectivity index (χ3v) is 8.35. The fourth-order valence-electron chi connectivity index (χ4n) is 4.98. The number of hydrogen-bond donors (Lipinski definition) is 1. The molecule has 4 nitrogen and oxygen atoms in total. The summed E-state index contributed by atoms with van der Waals surface area (Å²) in [5.41, 5.74) is 3.92. The van der Waals surface area contributed by atoms with Gasteiger partial charge in [-0.3, -0.25) is 4.79 Å². The van der Waals surface area contributed by atoms with Crippen molar-refractivity contribution in [2.24, 2.45) is 16.3 Å². The number of hydrogen-bond acceptors (Lipinski definition) is 4. The van der Waals surface area contributed by atoms with Gasteiger partial charge in [0.1, 0.15) is 10.8 Å². The highest BCUT2D eigenvalue weighted by Gasteiger charge is 2.33. The molecule has 1 amide bonds. The predicted molar refractivity (Wildman–Crippen MR) is 151 cm³/mol. The lowest BCUT2D eigenvalue weighted by atomic mass is 9.72. The van der Waals surface area contributed by atoms with Crippen LogP contribution in [0.3, 0.4) is 0 Å². The first-order valence-electron chi connectivity index (χ1n) is 12.5. The number of fused-ring (bicyclic) bond motifs is 2. The summed E-state index contributed by atoms with van der Waals surface area (Å²) >= 11 is 1.67. The zero-order valence-electron chi connectivity index (χ0n) is 21.3. The Labute approximate surface area is 217 Å². The summed E-state index contributed by atoms with van der Waals surface area (Å²) in [5.74, 6) is 1.32. The fourth-order valence-corrected chi connectivity index (χ4v) is 6.25. The molecular formula is C31H32N2O2S. The maximum Gasteiger partial charge on any atom is 0.259 e. The molecule has 0 aliphatic heterocycles. The molecule has 0 spiro atoms. The molecule has 1 heterocycles. The number of amides is 1. The van der Waals surface area contributed by atoms with Crippen molar-refractivity contribution in [1.82, 2.24) is 0 Å². The number of benzene rings is 3. The summed E-state index contributed by atoms with van der Waals surface area (Å²) in [7, 11) is 1.66. The number of carbonyl (C=O) groups is 1. The van der Waals surface area contributed by atoms with E-state index in [0.29, 0.717) is 5.92 Å². The minimum atomic E-state index is -0.0834. The van der Waals surface area contributed by atoms with Gasteiger partial charge in [0.25, 0.3) is 5.91 Å². The molecule has 0 saturated carbocycles. The second-order valence-electron chi connectivity index (χ2n) is 10.5. The average Bonchev–Trinajstić information content (AvgIpc) is 3.25. The SMILES string of the molecule is COc1ccc(C=Nc2sc3c(c2C(=O)Nc2cccc4ccccc24)CCC(C(C)(C)C)C3)cc1. The Morgan fingerprint density at radius 2 is 1.81 bits per heavy atom. The summed E-state index contributed by atoms with van der Waals surface area (Å²) < 4.78 is 5.27. The van der Waals surface area contributed by atoms with Crippen LogP contribution in [0, 0.1) is 11.3 Å². The Hall–Kier alpha value is -3.44. The first kappa shape index (κ1) is 24.3. The largest absolute Gasteiger partial charge is 0.497 e. The van der Waals surface area contributed by atoms with Gasteiger partial charge in [0.05, 0.1) is 12.7 Å². The van der Waals surface area contributed by atoms with Gasteiger partial charge in [0.15, 0.2) is 0 Å². The molecule has 1 aromatic heterocycles. The zero-order chi connectivity index (χ0) is 25.3. The van der Waals surface area contributed by atoms with Crippen LogP contribution in [0.15, 0.2) is 71.7 Å². The number of methoxy groups -OCH3 is 1. The number of aliphatic imine (C=N–C) groups is 1. The Morgan fingerprint density at radius 1 is 1.06 bits per heavy atom. The molecule has 0 radical (unpaired) electrons. The van der Waals surface area contributed by atoms with E-state index in [9.17, 15) is 4.79 Å². The van der Waals surface area contributed by atoms with Crippen molar-refractivity contribution >= 4 is 44.9 Å². The molecule has 0 bridgehead atoms. The van der Waals surface area contributed by atoms with Crippen LogP contribution < -0.4 is 10.1 Å². The van der Waals surface area contributed by atoms with Crippen LogP contribution in [0.5, 0.6) is 5.75 Å². The van der Waals surface area contributed by atoms with Gasteiger partial charge in [0, 0.05) is 22.2 Å². The van der Waals surface area contributed by atoms with Crippen LogP contribution in [0.25, 0.3) is 10.8 Å². The van der Waals surface area contributed by atoms with Crippen molar-refractivity contribution in [1.29, 1.82) is 0 Å². The van der Waals surface area contributed by atoms with E-state index in [1.165, 1.54) is 10.4 Å². The van der Waals surface area contributed by atoms with E-state index in [-0.39, 0.29) is 11.3 Å². The van der Waals surface area contributed by atoms with Gasteiger partial charge in [-0.1, -0.05) is 57.2 Å². The summed E-state index contributed by atoms with van der Waals surface area (Å²) in [6.07, 6.45) is 4.83. The van der Waals surface area contributed by atoms with Gasteiger partial charge in [0.2, 0.25) is 0 Å². The lowest BCUT2D eigenvalue weighted by Gasteiger charge is -2.33. The fraction of sp³-hybridized carbons (Fsp3) is 0.290. The van der Waals surface area contributed by atoms with E-state index >= 15 is 0 Å². The molecule has 184 valence electrons. The number of carbonyl (C=O) groups excluding carboxylic acids is 1. The van der Waals surface area contributed by atoms with E-state index in [1.54, 1.807) is 18.4 Å². The van der Waals surface area contributed by atoms with E-state index in [2.05, 4.69) is 38.2 Å². The molecule has 36 heavy (non-hydrogen) atoms. The minimum Gasteiger partial charge on any atom is -0.497 e. The lowest BCUT2D eigenvalue weighted by Crippen LogP contribution is -2.27. The van der Waals surface area contributed by atoms with Gasteiger partial charge >= 0.3 is 0 Å². The van der Waals surface area contributed by atoms with Gasteiger partial charge < -0.3 is 10.1 Å². The lowest BCUT2D eigenvalue weighted by molar-refractivity contribution is 0.102. The van der Waals surface area contributed by atoms with Crippen LogP contribution in [0.2, 0.25) is 0 Å². The highest BCUT2D eigenvalue weighted by Crippen LogP contribution is 2.45. The van der Waals surface area contributed by atoms with E-state index < -0.39 is 0 Å². The number of anilines is 1. The summed E-state index contributed by atoms with van der Waals surface area (Å²) in [5, 5.41) is 6.13.